The SMILES string of the molecule is C=CCOc1cc(CNCC(=O)OCC)c(Br)cc1OC. The summed E-state index contributed by atoms with van der Waals surface area (Å²) in [4.78, 5) is 11.3. The number of carbonyl (C=O) groups excluding carboxylic acids is 1. The molecule has 5 nitrogen and oxygen atoms in total. The van der Waals surface area contributed by atoms with Gasteiger partial charge in [0.2, 0.25) is 0 Å². The molecule has 1 aromatic rings. The van der Waals surface area contributed by atoms with Gasteiger partial charge in [-0.25, -0.2) is 0 Å². The van der Waals surface area contributed by atoms with Crippen LogP contribution in [0.2, 0.25) is 0 Å². The zero-order valence-corrected chi connectivity index (χ0v) is 13.9. The first kappa shape index (κ1) is 17.5. The topological polar surface area (TPSA) is 56.8 Å². The highest BCUT2D eigenvalue weighted by molar-refractivity contribution is 9.10. The molecule has 1 rings (SSSR count). The second-order valence-electron chi connectivity index (χ2n) is 4.10. The summed E-state index contributed by atoms with van der Waals surface area (Å²) in [6, 6.07) is 3.70. The van der Waals surface area contributed by atoms with Crippen LogP contribution in [0.3, 0.4) is 0 Å². The quantitative estimate of drug-likeness (QED) is 0.543. The van der Waals surface area contributed by atoms with Crippen LogP contribution in [0.5, 0.6) is 11.5 Å². The van der Waals surface area contributed by atoms with Crippen molar-refractivity contribution in [2.75, 3.05) is 26.9 Å². The number of hydrogen-bond donors (Lipinski definition) is 1. The number of benzene rings is 1. The van der Waals surface area contributed by atoms with E-state index in [4.69, 9.17) is 14.2 Å². The molecule has 0 aliphatic heterocycles. The van der Waals surface area contributed by atoms with E-state index in [0.29, 0.717) is 31.3 Å². The van der Waals surface area contributed by atoms with Gasteiger partial charge in [-0.05, 0) is 24.6 Å². The molecule has 0 aliphatic rings. The minimum Gasteiger partial charge on any atom is -0.493 e. The van der Waals surface area contributed by atoms with Gasteiger partial charge in [-0.2, -0.15) is 0 Å². The van der Waals surface area contributed by atoms with E-state index in [0.717, 1.165) is 10.0 Å². The molecular weight excluding hydrogens is 338 g/mol. The fraction of sp³-hybridized carbons (Fsp3) is 0.400. The number of halogens is 1. The van der Waals surface area contributed by atoms with Gasteiger partial charge in [0.05, 0.1) is 20.3 Å². The molecule has 0 heterocycles. The Morgan fingerprint density at radius 3 is 2.81 bits per heavy atom. The zero-order valence-electron chi connectivity index (χ0n) is 12.3. The predicted octanol–water partition coefficient (Wildman–Crippen LogP) is 2.68. The summed E-state index contributed by atoms with van der Waals surface area (Å²) >= 11 is 3.48. The average Bonchev–Trinajstić information content (AvgIpc) is 2.47. The number of carbonyl (C=O) groups is 1. The van der Waals surface area contributed by atoms with E-state index in [2.05, 4.69) is 27.8 Å². The molecule has 0 atom stereocenters. The number of esters is 1. The lowest BCUT2D eigenvalue weighted by atomic mass is 10.2. The Morgan fingerprint density at radius 2 is 2.19 bits per heavy atom. The highest BCUT2D eigenvalue weighted by atomic mass is 79.9. The lowest BCUT2D eigenvalue weighted by Crippen LogP contribution is -2.24. The van der Waals surface area contributed by atoms with Crippen LogP contribution < -0.4 is 14.8 Å². The fourth-order valence-corrected chi connectivity index (χ4v) is 2.11. The maximum Gasteiger partial charge on any atom is 0.319 e. The van der Waals surface area contributed by atoms with Gasteiger partial charge in [0.15, 0.2) is 11.5 Å². The number of nitrogens with one attached hydrogen (secondary N) is 1. The minimum absolute atomic E-state index is 0.162. The Bertz CT molecular complexity index is 491. The van der Waals surface area contributed by atoms with Crippen molar-refractivity contribution in [2.24, 2.45) is 0 Å². The van der Waals surface area contributed by atoms with Crippen molar-refractivity contribution in [1.29, 1.82) is 0 Å². The molecule has 21 heavy (non-hydrogen) atoms. The molecule has 6 heteroatoms. The van der Waals surface area contributed by atoms with Crippen molar-refractivity contribution >= 4 is 21.9 Å². The van der Waals surface area contributed by atoms with E-state index >= 15 is 0 Å². The Labute approximate surface area is 133 Å². The van der Waals surface area contributed by atoms with Crippen LogP contribution in [-0.2, 0) is 16.1 Å². The summed E-state index contributed by atoms with van der Waals surface area (Å²) in [7, 11) is 1.58. The lowest BCUT2D eigenvalue weighted by molar-refractivity contribution is -0.142. The molecule has 0 saturated carbocycles. The van der Waals surface area contributed by atoms with Crippen LogP contribution >= 0.6 is 15.9 Å². The molecule has 1 aromatic carbocycles. The van der Waals surface area contributed by atoms with Crippen LogP contribution in [-0.4, -0.2) is 32.8 Å². The summed E-state index contributed by atoms with van der Waals surface area (Å²) in [5, 5.41) is 3.03. The summed E-state index contributed by atoms with van der Waals surface area (Å²) in [6.07, 6.45) is 1.67. The van der Waals surface area contributed by atoms with Crippen molar-refractivity contribution in [3.63, 3.8) is 0 Å². The average molecular weight is 358 g/mol. The van der Waals surface area contributed by atoms with Gasteiger partial charge < -0.3 is 19.5 Å². The second-order valence-corrected chi connectivity index (χ2v) is 4.96. The monoisotopic (exact) mass is 357 g/mol. The maximum atomic E-state index is 11.3. The molecule has 0 radical (unpaired) electrons. The van der Waals surface area contributed by atoms with Crippen LogP contribution in [0.25, 0.3) is 0 Å². The predicted molar refractivity (Wildman–Crippen MR) is 84.7 cm³/mol. The van der Waals surface area contributed by atoms with Crippen LogP contribution in [0.4, 0.5) is 0 Å². The summed E-state index contributed by atoms with van der Waals surface area (Å²) in [5.74, 6) is 0.997. The van der Waals surface area contributed by atoms with Gasteiger partial charge >= 0.3 is 5.97 Å². The number of ether oxygens (including phenoxy) is 3. The molecule has 0 amide bonds. The normalized spacial score (nSPS) is 10.0. The molecule has 0 spiro atoms. The molecule has 0 saturated heterocycles. The molecule has 0 fully saturated rings. The van der Waals surface area contributed by atoms with Crippen molar-refractivity contribution < 1.29 is 19.0 Å². The maximum absolute atomic E-state index is 11.3. The Kier molecular flexibility index (Phi) is 7.85. The first-order valence-electron chi connectivity index (χ1n) is 6.58. The van der Waals surface area contributed by atoms with Crippen molar-refractivity contribution in [3.8, 4) is 11.5 Å². The Morgan fingerprint density at radius 1 is 1.43 bits per heavy atom. The van der Waals surface area contributed by atoms with E-state index in [1.54, 1.807) is 20.1 Å². The third kappa shape index (κ3) is 5.77. The Hall–Kier alpha value is -1.53. The molecule has 0 unspecified atom stereocenters. The van der Waals surface area contributed by atoms with E-state index in [1.807, 2.05) is 12.1 Å². The van der Waals surface area contributed by atoms with Crippen LogP contribution in [0.15, 0.2) is 29.3 Å². The van der Waals surface area contributed by atoms with Crippen molar-refractivity contribution in [3.05, 3.63) is 34.8 Å². The first-order valence-corrected chi connectivity index (χ1v) is 7.38. The molecule has 1 N–H and O–H groups in total. The van der Waals surface area contributed by atoms with E-state index in [1.165, 1.54) is 0 Å². The summed E-state index contributed by atoms with van der Waals surface area (Å²) in [5.41, 5.74) is 0.958. The smallest absolute Gasteiger partial charge is 0.319 e. The standard InChI is InChI=1S/C15H20BrNO4/c1-4-6-21-14-7-11(12(16)8-13(14)19-3)9-17-10-15(18)20-5-2/h4,7-8,17H,1,5-6,9-10H2,2-3H3. The van der Waals surface area contributed by atoms with Gasteiger partial charge in [-0.1, -0.05) is 28.6 Å². The van der Waals surface area contributed by atoms with Crippen molar-refractivity contribution in [2.45, 2.75) is 13.5 Å². The molecule has 0 aliphatic carbocycles. The van der Waals surface area contributed by atoms with Gasteiger partial charge in [-0.15, -0.1) is 0 Å². The first-order chi connectivity index (χ1) is 10.1. The van der Waals surface area contributed by atoms with Gasteiger partial charge in [0.1, 0.15) is 6.61 Å². The van der Waals surface area contributed by atoms with E-state index in [-0.39, 0.29) is 12.5 Å². The van der Waals surface area contributed by atoms with Gasteiger partial charge in [0.25, 0.3) is 0 Å². The Balaban J connectivity index is 2.72. The van der Waals surface area contributed by atoms with E-state index < -0.39 is 0 Å². The number of rotatable bonds is 9. The third-order valence-electron chi connectivity index (χ3n) is 2.58. The number of hydrogen-bond acceptors (Lipinski definition) is 5. The zero-order chi connectivity index (χ0) is 15.7. The van der Waals surface area contributed by atoms with Gasteiger partial charge in [0, 0.05) is 11.0 Å². The number of methoxy groups -OCH3 is 1. The highest BCUT2D eigenvalue weighted by Gasteiger charge is 2.10. The molecule has 0 bridgehead atoms. The summed E-state index contributed by atoms with van der Waals surface area (Å²) < 4.78 is 16.6. The van der Waals surface area contributed by atoms with Gasteiger partial charge in [-0.3, -0.25) is 4.79 Å². The third-order valence-corrected chi connectivity index (χ3v) is 3.32. The van der Waals surface area contributed by atoms with Crippen LogP contribution in [0.1, 0.15) is 12.5 Å². The second kappa shape index (κ2) is 9.41. The largest absolute Gasteiger partial charge is 0.493 e. The highest BCUT2D eigenvalue weighted by Crippen LogP contribution is 2.33. The van der Waals surface area contributed by atoms with Crippen molar-refractivity contribution in [1.82, 2.24) is 5.32 Å². The minimum atomic E-state index is -0.273. The molecule has 0 aromatic heterocycles. The van der Waals surface area contributed by atoms with E-state index in [9.17, 15) is 4.79 Å². The lowest BCUT2D eigenvalue weighted by Gasteiger charge is -2.13. The molecule has 116 valence electrons. The fourth-order valence-electron chi connectivity index (χ4n) is 1.64. The van der Waals surface area contributed by atoms with Crippen LogP contribution in [0, 0.1) is 0 Å². The summed E-state index contributed by atoms with van der Waals surface area (Å²) in [6.45, 7) is 6.85. The molecular formula is C15H20BrNO4.